The molecule has 0 aromatic heterocycles. The van der Waals surface area contributed by atoms with Gasteiger partial charge in [0.2, 0.25) is 0 Å². The Morgan fingerprint density at radius 1 is 0.800 bits per heavy atom. The Morgan fingerprint density at radius 2 is 1.49 bits per heavy atom. The lowest BCUT2D eigenvalue weighted by molar-refractivity contribution is 0.0938. The predicted octanol–water partition coefficient (Wildman–Crippen LogP) is 4.75. The van der Waals surface area contributed by atoms with Crippen molar-refractivity contribution in [2.75, 3.05) is 84.2 Å². The Morgan fingerprint density at radius 3 is 2.22 bits per heavy atom. The Bertz CT molecular complexity index is 1340. The van der Waals surface area contributed by atoms with Gasteiger partial charge in [-0.15, -0.1) is 0 Å². The summed E-state index contributed by atoms with van der Waals surface area (Å²) in [5.74, 6) is 0.0163. The second-order valence-corrected chi connectivity index (χ2v) is 11.5. The molecule has 0 unspecified atom stereocenters. The van der Waals surface area contributed by atoms with E-state index >= 15 is 0 Å². The number of Topliss-reactive ketones (excluding diaryl/α,β-unsaturated/α-hetero) is 1. The number of nitrogens with zero attached hydrogens (tertiary/aromatic N) is 4. The number of methoxy groups -OCH3 is 1. The number of nitrogens with one attached hydrogen (secondary N) is 1. The molecule has 9 heteroatoms. The first-order chi connectivity index (χ1) is 22.1. The van der Waals surface area contributed by atoms with Crippen LogP contribution in [0.25, 0.3) is 11.1 Å². The molecule has 1 N–H and O–H groups in total. The highest BCUT2D eigenvalue weighted by atomic mass is 16.6. The third kappa shape index (κ3) is 9.45. The van der Waals surface area contributed by atoms with Crippen LogP contribution in [0.1, 0.15) is 28.8 Å². The van der Waals surface area contributed by atoms with Gasteiger partial charge < -0.3 is 14.8 Å². The molecule has 9 nitrogen and oxygen atoms in total. The van der Waals surface area contributed by atoms with Crippen LogP contribution in [0, 0.1) is 6.42 Å². The average molecular weight is 613 g/mol. The van der Waals surface area contributed by atoms with Gasteiger partial charge >= 0.3 is 6.09 Å². The molecule has 0 saturated carbocycles. The summed E-state index contributed by atoms with van der Waals surface area (Å²) in [6.45, 7) is 9.04. The average Bonchev–Trinajstić information content (AvgIpc) is 3.09. The number of ketones is 1. The number of carbonyl (C=O) groups is 2. The van der Waals surface area contributed by atoms with Crippen LogP contribution in [0.15, 0.2) is 78.9 Å². The number of hydrogen-bond acceptors (Lipinski definition) is 8. The molecule has 45 heavy (non-hydrogen) atoms. The molecule has 3 aromatic carbocycles. The van der Waals surface area contributed by atoms with Gasteiger partial charge in [0.1, 0.15) is 6.61 Å². The Balaban J connectivity index is 1.09. The summed E-state index contributed by atoms with van der Waals surface area (Å²) >= 11 is 0. The van der Waals surface area contributed by atoms with Crippen molar-refractivity contribution < 1.29 is 19.1 Å². The van der Waals surface area contributed by atoms with E-state index in [4.69, 9.17) is 9.47 Å². The number of piperazine rings is 1. The van der Waals surface area contributed by atoms with Crippen molar-refractivity contribution in [2.24, 2.45) is 0 Å². The number of rotatable bonds is 14. The van der Waals surface area contributed by atoms with E-state index < -0.39 is 6.09 Å². The zero-order chi connectivity index (χ0) is 31.3. The first-order valence-corrected chi connectivity index (χ1v) is 16.1. The summed E-state index contributed by atoms with van der Waals surface area (Å²) in [5.41, 5.74) is 4.70. The fourth-order valence-electron chi connectivity index (χ4n) is 5.84. The van der Waals surface area contributed by atoms with Crippen molar-refractivity contribution in [1.29, 1.82) is 0 Å². The maximum absolute atomic E-state index is 13.5. The van der Waals surface area contributed by atoms with Gasteiger partial charge in [0.05, 0.1) is 18.8 Å². The normalized spacial score (nSPS) is 16.4. The number of amides is 1. The molecule has 0 bridgehead atoms. The fraction of sp³-hybridized carbons (Fsp3) is 0.417. The first kappa shape index (κ1) is 32.8. The van der Waals surface area contributed by atoms with Gasteiger partial charge in [0.25, 0.3) is 0 Å². The second-order valence-electron chi connectivity index (χ2n) is 11.5. The fourth-order valence-corrected chi connectivity index (χ4v) is 5.84. The minimum atomic E-state index is -0.416. The molecule has 2 aliphatic heterocycles. The molecular formula is C36H46N5O4. The van der Waals surface area contributed by atoms with Crippen molar-refractivity contribution in [3.63, 3.8) is 0 Å². The molecule has 1 radical (unpaired) electrons. The maximum atomic E-state index is 13.5. The molecule has 1 amide bonds. The summed E-state index contributed by atoms with van der Waals surface area (Å²) < 4.78 is 10.9. The highest BCUT2D eigenvalue weighted by Gasteiger charge is 2.28. The molecule has 3 aromatic rings. The van der Waals surface area contributed by atoms with E-state index in [1.807, 2.05) is 78.9 Å². The smallest absolute Gasteiger partial charge is 0.429 e. The van der Waals surface area contributed by atoms with Crippen LogP contribution in [0.4, 0.5) is 10.5 Å². The molecule has 0 spiro atoms. The minimum absolute atomic E-state index is 0.0163. The molecular weight excluding hydrogens is 566 g/mol. The first-order valence-electron chi connectivity index (χ1n) is 16.1. The van der Waals surface area contributed by atoms with Gasteiger partial charge in [0.15, 0.2) is 5.78 Å². The predicted molar refractivity (Wildman–Crippen MR) is 178 cm³/mol. The zero-order valence-corrected chi connectivity index (χ0v) is 26.4. The Labute approximate surface area is 267 Å². The largest absolute Gasteiger partial charge is 0.447 e. The lowest BCUT2D eigenvalue weighted by Crippen LogP contribution is -2.50. The van der Waals surface area contributed by atoms with Crippen molar-refractivity contribution in [1.82, 2.24) is 20.1 Å². The molecule has 0 atom stereocenters. The van der Waals surface area contributed by atoms with Crippen molar-refractivity contribution >= 4 is 17.6 Å². The Kier molecular flexibility index (Phi) is 12.5. The van der Waals surface area contributed by atoms with Crippen molar-refractivity contribution in [3.8, 4) is 11.1 Å². The molecule has 2 saturated heterocycles. The van der Waals surface area contributed by atoms with Crippen LogP contribution in [0.3, 0.4) is 0 Å². The number of para-hydroxylation sites is 1. The lowest BCUT2D eigenvalue weighted by atomic mass is 10.0. The summed E-state index contributed by atoms with van der Waals surface area (Å²) in [4.78, 5) is 31.2. The van der Waals surface area contributed by atoms with E-state index in [1.54, 1.807) is 12.1 Å². The molecule has 239 valence electrons. The van der Waals surface area contributed by atoms with E-state index in [0.717, 1.165) is 88.6 Å². The summed E-state index contributed by atoms with van der Waals surface area (Å²) in [6.07, 6.45) is 3.66. The van der Waals surface area contributed by atoms with Gasteiger partial charge in [-0.1, -0.05) is 72.8 Å². The van der Waals surface area contributed by atoms with Crippen LogP contribution >= 0.6 is 0 Å². The number of carbonyl (C=O) groups excluding carboxylic acids is 2. The highest BCUT2D eigenvalue weighted by Crippen LogP contribution is 2.33. The van der Waals surface area contributed by atoms with E-state index in [-0.39, 0.29) is 18.9 Å². The van der Waals surface area contributed by atoms with Gasteiger partial charge in [-0.3, -0.25) is 14.6 Å². The summed E-state index contributed by atoms with van der Waals surface area (Å²) in [6, 6.07) is 25.9. The molecule has 2 heterocycles. The van der Waals surface area contributed by atoms with Gasteiger partial charge in [0, 0.05) is 77.1 Å². The van der Waals surface area contributed by atoms with Crippen LogP contribution in [-0.2, 0) is 16.0 Å². The molecule has 2 aliphatic rings. The summed E-state index contributed by atoms with van der Waals surface area (Å²) in [5, 5.41) is 6.89. The van der Waals surface area contributed by atoms with Gasteiger partial charge in [-0.05, 0) is 36.5 Å². The Hall–Kier alpha value is -3.60. The van der Waals surface area contributed by atoms with E-state index in [1.165, 1.54) is 5.56 Å². The number of hydrogen-bond donors (Lipinski definition) is 1. The van der Waals surface area contributed by atoms with Crippen LogP contribution < -0.4 is 10.3 Å². The van der Waals surface area contributed by atoms with Crippen molar-refractivity contribution in [3.05, 3.63) is 96.4 Å². The minimum Gasteiger partial charge on any atom is -0.447 e. The third-order valence-corrected chi connectivity index (χ3v) is 8.40. The monoisotopic (exact) mass is 612 g/mol. The maximum Gasteiger partial charge on any atom is 0.429 e. The quantitative estimate of drug-likeness (QED) is 0.207. The van der Waals surface area contributed by atoms with Crippen LogP contribution in [0.5, 0.6) is 0 Å². The zero-order valence-electron chi connectivity index (χ0n) is 26.4. The molecule has 5 rings (SSSR count). The van der Waals surface area contributed by atoms with E-state index in [9.17, 15) is 9.59 Å². The van der Waals surface area contributed by atoms with Gasteiger partial charge in [-0.2, -0.15) is 0 Å². The van der Waals surface area contributed by atoms with Crippen LogP contribution in [0.2, 0.25) is 0 Å². The van der Waals surface area contributed by atoms with Crippen molar-refractivity contribution in [2.45, 2.75) is 19.4 Å². The van der Waals surface area contributed by atoms with E-state index in [0.29, 0.717) is 12.1 Å². The van der Waals surface area contributed by atoms with Crippen LogP contribution in [-0.4, -0.2) is 106 Å². The number of hydrazine groups is 1. The molecule has 2 fully saturated rings. The number of ether oxygens (including phenoxy) is 2. The standard InChI is InChI=1S/C36H46N5O4/c1-44-27-25-38-21-23-39(24-22-38)29-30-14-16-32(17-15-30)35(42)28-37-18-26-45-36(43)41(40-19-8-3-9-20-40)34-13-7-6-12-33(34)31-10-4-2-5-11-31/h2-7,10-17,37H,8-9,18-29H2,1H3. The number of benzene rings is 3. The lowest BCUT2D eigenvalue weighted by Gasteiger charge is -2.37. The van der Waals surface area contributed by atoms with E-state index in [2.05, 4.69) is 26.5 Å². The third-order valence-electron chi connectivity index (χ3n) is 8.40. The number of anilines is 1. The van der Waals surface area contributed by atoms with Gasteiger partial charge in [-0.25, -0.2) is 14.8 Å². The SMILES string of the molecule is COCCN1CCN(Cc2ccc(C(=O)CNCCOC(=O)N(c3ccccc3-c3ccccc3)N3CC[CH]CC3)cc2)CC1. The second kappa shape index (κ2) is 17.2. The number of piperidine rings is 1. The summed E-state index contributed by atoms with van der Waals surface area (Å²) in [7, 11) is 1.75. The topological polar surface area (TPSA) is 77.6 Å². The highest BCUT2D eigenvalue weighted by molar-refractivity contribution is 5.97. The molecule has 0 aliphatic carbocycles.